The molecule has 8 heteroatoms. The molecular formula is C19H19ClN2O5. The molecule has 1 aliphatic heterocycles. The van der Waals surface area contributed by atoms with Crippen molar-refractivity contribution in [3.05, 3.63) is 69.1 Å². The number of amides is 1. The van der Waals surface area contributed by atoms with Crippen molar-refractivity contribution >= 4 is 23.5 Å². The van der Waals surface area contributed by atoms with E-state index in [9.17, 15) is 24.6 Å². The van der Waals surface area contributed by atoms with Gasteiger partial charge in [-0.3, -0.25) is 14.4 Å². The average molecular weight is 391 g/mol. The van der Waals surface area contributed by atoms with Crippen LogP contribution in [0.25, 0.3) is 0 Å². The number of aliphatic hydroxyl groups excluding tert-OH is 1. The molecule has 0 spiro atoms. The number of hydrogen-bond donors (Lipinski definition) is 3. The van der Waals surface area contributed by atoms with Crippen LogP contribution in [0.15, 0.2) is 47.4 Å². The summed E-state index contributed by atoms with van der Waals surface area (Å²) < 4.78 is 0. The van der Waals surface area contributed by atoms with Crippen molar-refractivity contribution in [2.24, 2.45) is 5.41 Å². The number of hydrogen-bond acceptors (Lipinski definition) is 4. The van der Waals surface area contributed by atoms with Gasteiger partial charge in [-0.25, -0.2) is 0 Å². The summed E-state index contributed by atoms with van der Waals surface area (Å²) in [4.78, 5) is 40.2. The number of carboxylic acids is 1. The van der Waals surface area contributed by atoms with Gasteiger partial charge in [0.15, 0.2) is 0 Å². The maximum Gasteiger partial charge on any atom is 0.312 e. The molecule has 0 radical (unpaired) electrons. The minimum absolute atomic E-state index is 0.0720. The summed E-state index contributed by atoms with van der Waals surface area (Å²) in [6, 6.07) is 10.3. The molecule has 0 bridgehead atoms. The first-order valence-electron chi connectivity index (χ1n) is 8.46. The number of rotatable bonds is 4. The minimum atomic E-state index is -1.39. The Morgan fingerprint density at radius 2 is 2.00 bits per heavy atom. The van der Waals surface area contributed by atoms with Gasteiger partial charge in [-0.1, -0.05) is 41.9 Å². The highest BCUT2D eigenvalue weighted by atomic mass is 35.5. The summed E-state index contributed by atoms with van der Waals surface area (Å²) in [6.07, 6.45) is 0.236. The van der Waals surface area contributed by atoms with Gasteiger partial charge in [0.1, 0.15) is 11.0 Å². The Morgan fingerprint density at radius 1 is 1.30 bits per heavy atom. The molecule has 2 aromatic rings. The number of aromatic amines is 1. The van der Waals surface area contributed by atoms with Gasteiger partial charge in [0.25, 0.3) is 11.5 Å². The topological polar surface area (TPSA) is 111 Å². The number of nitrogens with one attached hydrogen (secondary N) is 1. The smallest absolute Gasteiger partial charge is 0.312 e. The molecule has 1 aromatic carbocycles. The zero-order valence-corrected chi connectivity index (χ0v) is 15.1. The largest absolute Gasteiger partial charge is 0.481 e. The first kappa shape index (κ1) is 19.1. The number of carbonyl (C=O) groups is 2. The number of H-pyrrole nitrogens is 1. The molecule has 1 amide bonds. The number of pyridine rings is 1. The number of carboxylic acid groups (broad SMARTS) is 1. The number of benzene rings is 1. The van der Waals surface area contributed by atoms with Crippen LogP contribution < -0.4 is 5.56 Å². The second kappa shape index (κ2) is 7.54. The van der Waals surface area contributed by atoms with E-state index in [2.05, 4.69) is 4.98 Å². The van der Waals surface area contributed by atoms with Crippen LogP contribution >= 0.6 is 11.6 Å². The van der Waals surface area contributed by atoms with Gasteiger partial charge in [0.05, 0.1) is 11.1 Å². The van der Waals surface area contributed by atoms with Gasteiger partial charge in [-0.15, -0.1) is 0 Å². The zero-order valence-electron chi connectivity index (χ0n) is 14.4. The van der Waals surface area contributed by atoms with Crippen molar-refractivity contribution in [1.82, 2.24) is 9.88 Å². The lowest BCUT2D eigenvalue weighted by molar-refractivity contribution is -0.161. The van der Waals surface area contributed by atoms with Crippen LogP contribution in [0, 0.1) is 5.41 Å². The van der Waals surface area contributed by atoms with E-state index in [0.29, 0.717) is 0 Å². The van der Waals surface area contributed by atoms with Crippen LogP contribution in [0.3, 0.4) is 0 Å². The molecule has 3 rings (SSSR count). The van der Waals surface area contributed by atoms with Crippen LogP contribution in [0.1, 0.15) is 22.3 Å². The Bertz CT molecular complexity index is 914. The van der Waals surface area contributed by atoms with Gasteiger partial charge in [0, 0.05) is 19.3 Å². The number of β-amino-alcohol motifs (C(OH)–C–C–N with tert-alkyl or cyclic N) is 1. The molecule has 142 valence electrons. The Hall–Kier alpha value is -2.64. The van der Waals surface area contributed by atoms with Crippen molar-refractivity contribution < 1.29 is 19.8 Å². The fourth-order valence-electron chi connectivity index (χ4n) is 3.44. The van der Waals surface area contributed by atoms with E-state index in [1.54, 1.807) is 24.3 Å². The van der Waals surface area contributed by atoms with Crippen molar-refractivity contribution in [2.75, 3.05) is 13.1 Å². The molecule has 0 saturated carbocycles. The number of halogens is 1. The van der Waals surface area contributed by atoms with E-state index in [1.165, 1.54) is 17.2 Å². The maximum atomic E-state index is 12.6. The van der Waals surface area contributed by atoms with Gasteiger partial charge in [-0.2, -0.15) is 0 Å². The highest BCUT2D eigenvalue weighted by Crippen LogP contribution is 2.36. The summed E-state index contributed by atoms with van der Waals surface area (Å²) in [5, 5.41) is 20.7. The third kappa shape index (κ3) is 3.74. The van der Waals surface area contributed by atoms with Crippen LogP contribution in [0.5, 0.6) is 0 Å². The molecule has 3 N–H and O–H groups in total. The van der Waals surface area contributed by atoms with Crippen molar-refractivity contribution in [3.8, 4) is 0 Å². The molecule has 2 atom stereocenters. The molecule has 1 aliphatic rings. The standard InChI is InChI=1S/C19H19ClN2O5/c20-13-8-14(16(24)21-10-13)17(25)22-7-6-19(18(26)27,15(23)11-22)9-12-4-2-1-3-5-12/h1-5,8,10,15,23H,6-7,9,11H2,(H,21,24)(H,26,27)/t15-,19-/m1/s1. The normalized spacial score (nSPS) is 22.4. The fourth-order valence-corrected chi connectivity index (χ4v) is 3.60. The van der Waals surface area contributed by atoms with Crippen molar-refractivity contribution in [2.45, 2.75) is 18.9 Å². The lowest BCUT2D eigenvalue weighted by atomic mass is 9.71. The number of carbonyl (C=O) groups excluding carboxylic acids is 1. The number of aliphatic carboxylic acids is 1. The second-order valence-electron chi connectivity index (χ2n) is 6.70. The van der Waals surface area contributed by atoms with Crippen molar-refractivity contribution in [1.29, 1.82) is 0 Å². The second-order valence-corrected chi connectivity index (χ2v) is 7.14. The molecule has 1 aromatic heterocycles. The van der Waals surface area contributed by atoms with Gasteiger partial charge in [-0.05, 0) is 24.5 Å². The quantitative estimate of drug-likeness (QED) is 0.733. The van der Waals surface area contributed by atoms with E-state index in [4.69, 9.17) is 11.6 Å². The Balaban J connectivity index is 1.83. The maximum absolute atomic E-state index is 12.6. The van der Waals surface area contributed by atoms with Crippen LogP contribution in [0.2, 0.25) is 5.02 Å². The predicted octanol–water partition coefficient (Wildman–Crippen LogP) is 1.55. The minimum Gasteiger partial charge on any atom is -0.481 e. The molecule has 27 heavy (non-hydrogen) atoms. The molecule has 1 fully saturated rings. The van der Waals surface area contributed by atoms with Crippen LogP contribution in [-0.2, 0) is 11.2 Å². The molecule has 1 saturated heterocycles. The van der Waals surface area contributed by atoms with Gasteiger partial charge >= 0.3 is 5.97 Å². The molecular weight excluding hydrogens is 372 g/mol. The number of aliphatic hydroxyl groups is 1. The number of piperidine rings is 1. The molecule has 7 nitrogen and oxygen atoms in total. The lowest BCUT2D eigenvalue weighted by Crippen LogP contribution is -2.57. The SMILES string of the molecule is O=C(c1cc(Cl)c[nH]c1=O)N1CC[C@](Cc2ccccc2)(C(=O)O)[C@H](O)C1. The Morgan fingerprint density at radius 3 is 2.63 bits per heavy atom. The number of aromatic nitrogens is 1. The average Bonchev–Trinajstić information content (AvgIpc) is 2.65. The van der Waals surface area contributed by atoms with Crippen molar-refractivity contribution in [3.63, 3.8) is 0 Å². The van der Waals surface area contributed by atoms with E-state index in [-0.39, 0.29) is 36.5 Å². The lowest BCUT2D eigenvalue weighted by Gasteiger charge is -2.42. The summed E-state index contributed by atoms with van der Waals surface area (Å²) in [7, 11) is 0. The third-order valence-electron chi connectivity index (χ3n) is 5.03. The van der Waals surface area contributed by atoms with E-state index in [0.717, 1.165) is 5.56 Å². The fraction of sp³-hybridized carbons (Fsp3) is 0.316. The van der Waals surface area contributed by atoms with E-state index >= 15 is 0 Å². The Kier molecular flexibility index (Phi) is 5.34. The predicted molar refractivity (Wildman–Crippen MR) is 98.8 cm³/mol. The number of likely N-dealkylation sites (tertiary alicyclic amines) is 1. The highest BCUT2D eigenvalue weighted by molar-refractivity contribution is 6.30. The monoisotopic (exact) mass is 390 g/mol. The van der Waals surface area contributed by atoms with Gasteiger partial charge < -0.3 is 20.1 Å². The summed E-state index contributed by atoms with van der Waals surface area (Å²) in [5.74, 6) is -1.69. The first-order chi connectivity index (χ1) is 12.8. The number of nitrogens with zero attached hydrogens (tertiary/aromatic N) is 1. The molecule has 0 aliphatic carbocycles. The third-order valence-corrected chi connectivity index (χ3v) is 5.25. The van der Waals surface area contributed by atoms with Crippen LogP contribution in [-0.4, -0.2) is 51.2 Å². The van der Waals surface area contributed by atoms with Crippen LogP contribution in [0.4, 0.5) is 0 Å². The Labute approximate surface area is 160 Å². The van der Waals surface area contributed by atoms with E-state index < -0.39 is 29.0 Å². The summed E-state index contributed by atoms with van der Waals surface area (Å²) in [6.45, 7) is -0.0646. The van der Waals surface area contributed by atoms with E-state index in [1.807, 2.05) is 6.07 Å². The molecule has 0 unspecified atom stereocenters. The molecule has 2 heterocycles. The van der Waals surface area contributed by atoms with Gasteiger partial charge in [0.2, 0.25) is 0 Å². The zero-order chi connectivity index (χ0) is 19.6. The summed E-state index contributed by atoms with van der Waals surface area (Å²) >= 11 is 5.84. The highest BCUT2D eigenvalue weighted by Gasteiger charge is 2.49. The first-order valence-corrected chi connectivity index (χ1v) is 8.84. The summed E-state index contributed by atoms with van der Waals surface area (Å²) in [5.41, 5.74) is -1.32.